The highest BCUT2D eigenvalue weighted by Crippen LogP contribution is 2.15. The fourth-order valence-corrected chi connectivity index (χ4v) is 2.92. The zero-order chi connectivity index (χ0) is 15.2. The van der Waals surface area contributed by atoms with Gasteiger partial charge >= 0.3 is 0 Å². The molecule has 1 N–H and O–H groups in total. The van der Waals surface area contributed by atoms with Crippen LogP contribution in [0.1, 0.15) is 25.0 Å². The second-order valence-electron chi connectivity index (χ2n) is 5.51. The van der Waals surface area contributed by atoms with E-state index < -0.39 is 0 Å². The van der Waals surface area contributed by atoms with E-state index in [2.05, 4.69) is 15.2 Å². The Labute approximate surface area is 131 Å². The molecule has 0 bridgehead atoms. The van der Waals surface area contributed by atoms with Gasteiger partial charge in [-0.05, 0) is 25.3 Å². The molecule has 2 rings (SSSR count). The Morgan fingerprint density at radius 1 is 1.62 bits per heavy atom. The van der Waals surface area contributed by atoms with Crippen LogP contribution in [-0.4, -0.2) is 48.8 Å². The van der Waals surface area contributed by atoms with E-state index in [-0.39, 0.29) is 0 Å². The fraction of sp³-hybridized carbons (Fsp3) is 0.667. The minimum Gasteiger partial charge on any atom is -0.378 e. The van der Waals surface area contributed by atoms with Crippen LogP contribution >= 0.6 is 11.6 Å². The molecule has 1 fully saturated rings. The quantitative estimate of drug-likeness (QED) is 0.670. The molecule has 6 heteroatoms. The van der Waals surface area contributed by atoms with Gasteiger partial charge < -0.3 is 19.5 Å². The number of rotatable bonds is 5. The minimum atomic E-state index is 0.410. The monoisotopic (exact) mass is 312 g/mol. The predicted molar refractivity (Wildman–Crippen MR) is 86.8 cm³/mol. The van der Waals surface area contributed by atoms with Gasteiger partial charge in [0.1, 0.15) is 0 Å². The van der Waals surface area contributed by atoms with E-state index in [1.165, 1.54) is 12.8 Å². The highest BCUT2D eigenvalue weighted by atomic mass is 35.5. The largest absolute Gasteiger partial charge is 0.378 e. The van der Waals surface area contributed by atoms with E-state index in [0.29, 0.717) is 6.10 Å². The summed E-state index contributed by atoms with van der Waals surface area (Å²) in [6.45, 7) is 2.56. The second kappa shape index (κ2) is 7.71. The summed E-state index contributed by atoms with van der Waals surface area (Å²) < 4.78 is 7.67. The summed E-state index contributed by atoms with van der Waals surface area (Å²) in [5, 5.41) is 4.16. The standard InChI is InChI=1S/C15H25ClN4O/c1-17-15(18-7-6-14-5-4-8-21-14)20(3)11-13-9-12(16)10-19(13)2/h9-10,14H,4-8,11H2,1-3H3,(H,17,18). The maximum Gasteiger partial charge on any atom is 0.193 e. The van der Waals surface area contributed by atoms with Crippen LogP contribution in [0, 0.1) is 0 Å². The van der Waals surface area contributed by atoms with Gasteiger partial charge in [-0.25, -0.2) is 0 Å². The second-order valence-corrected chi connectivity index (χ2v) is 5.95. The lowest BCUT2D eigenvalue weighted by Crippen LogP contribution is -2.39. The first-order valence-electron chi connectivity index (χ1n) is 7.44. The third kappa shape index (κ3) is 4.64. The first kappa shape index (κ1) is 16.2. The normalized spacial score (nSPS) is 19.0. The molecular formula is C15H25ClN4O. The number of aromatic nitrogens is 1. The number of hydrogen-bond donors (Lipinski definition) is 1. The van der Waals surface area contributed by atoms with E-state index in [9.17, 15) is 0 Å². The van der Waals surface area contributed by atoms with Crippen LogP contribution in [0.25, 0.3) is 0 Å². The highest BCUT2D eigenvalue weighted by molar-refractivity contribution is 6.30. The lowest BCUT2D eigenvalue weighted by atomic mass is 10.2. The number of guanidine groups is 1. The Morgan fingerprint density at radius 3 is 3.00 bits per heavy atom. The van der Waals surface area contributed by atoms with Gasteiger partial charge in [0.15, 0.2) is 5.96 Å². The summed E-state index contributed by atoms with van der Waals surface area (Å²) in [6.07, 6.45) is 5.72. The SMILES string of the molecule is CN=C(NCCC1CCCO1)N(C)Cc1cc(Cl)cn1C. The summed E-state index contributed by atoms with van der Waals surface area (Å²) in [5.74, 6) is 0.894. The van der Waals surface area contributed by atoms with Crippen molar-refractivity contribution in [3.63, 3.8) is 0 Å². The Morgan fingerprint density at radius 2 is 2.43 bits per heavy atom. The molecule has 1 atom stereocenters. The molecule has 5 nitrogen and oxygen atoms in total. The highest BCUT2D eigenvalue weighted by Gasteiger charge is 2.15. The van der Waals surface area contributed by atoms with Crippen LogP contribution in [-0.2, 0) is 18.3 Å². The summed E-state index contributed by atoms with van der Waals surface area (Å²) in [7, 11) is 5.84. The maximum atomic E-state index is 6.02. The van der Waals surface area contributed by atoms with E-state index in [1.54, 1.807) is 0 Å². The molecule has 0 aliphatic carbocycles. The maximum absolute atomic E-state index is 6.02. The summed E-state index contributed by atoms with van der Waals surface area (Å²) in [5.41, 5.74) is 1.16. The first-order valence-corrected chi connectivity index (χ1v) is 7.82. The molecule has 2 heterocycles. The lowest BCUT2D eigenvalue weighted by Gasteiger charge is -2.23. The van der Waals surface area contributed by atoms with Gasteiger partial charge in [0.25, 0.3) is 0 Å². The van der Waals surface area contributed by atoms with E-state index in [0.717, 1.165) is 42.8 Å². The van der Waals surface area contributed by atoms with Crippen molar-refractivity contribution in [2.45, 2.75) is 31.9 Å². The molecule has 118 valence electrons. The van der Waals surface area contributed by atoms with Gasteiger partial charge in [-0.1, -0.05) is 11.6 Å². The van der Waals surface area contributed by atoms with Crippen molar-refractivity contribution in [3.8, 4) is 0 Å². The molecule has 1 unspecified atom stereocenters. The first-order chi connectivity index (χ1) is 10.1. The van der Waals surface area contributed by atoms with Crippen molar-refractivity contribution in [3.05, 3.63) is 23.0 Å². The molecule has 1 aromatic heterocycles. The molecule has 21 heavy (non-hydrogen) atoms. The molecule has 1 aromatic rings. The molecule has 1 aliphatic rings. The topological polar surface area (TPSA) is 41.8 Å². The third-order valence-electron chi connectivity index (χ3n) is 3.82. The number of hydrogen-bond acceptors (Lipinski definition) is 2. The van der Waals surface area contributed by atoms with E-state index in [4.69, 9.17) is 16.3 Å². The molecular weight excluding hydrogens is 288 g/mol. The molecule has 0 aromatic carbocycles. The molecule has 1 saturated heterocycles. The van der Waals surface area contributed by atoms with Crippen molar-refractivity contribution in [2.75, 3.05) is 27.2 Å². The third-order valence-corrected chi connectivity index (χ3v) is 4.03. The van der Waals surface area contributed by atoms with Crippen LogP contribution in [0.3, 0.4) is 0 Å². The minimum absolute atomic E-state index is 0.410. The Hall–Kier alpha value is -1.20. The number of aryl methyl sites for hydroxylation is 1. The average Bonchev–Trinajstić information content (AvgIpc) is 3.05. The van der Waals surface area contributed by atoms with Crippen LogP contribution in [0.4, 0.5) is 0 Å². The van der Waals surface area contributed by atoms with Crippen LogP contribution in [0.2, 0.25) is 5.02 Å². The van der Waals surface area contributed by atoms with Gasteiger partial charge in [0.05, 0.1) is 17.7 Å². The average molecular weight is 313 g/mol. The number of aliphatic imine (C=N–C) groups is 1. The summed E-state index contributed by atoms with van der Waals surface area (Å²) in [6, 6.07) is 1.98. The van der Waals surface area contributed by atoms with Crippen molar-refractivity contribution in [1.82, 2.24) is 14.8 Å². The lowest BCUT2D eigenvalue weighted by molar-refractivity contribution is 0.105. The molecule has 0 saturated carbocycles. The van der Waals surface area contributed by atoms with E-state index >= 15 is 0 Å². The zero-order valence-electron chi connectivity index (χ0n) is 13.1. The number of halogens is 1. The number of ether oxygens (including phenoxy) is 1. The zero-order valence-corrected chi connectivity index (χ0v) is 13.9. The molecule has 0 amide bonds. The van der Waals surface area contributed by atoms with Crippen molar-refractivity contribution < 1.29 is 4.74 Å². The molecule has 0 radical (unpaired) electrons. The van der Waals surface area contributed by atoms with Crippen molar-refractivity contribution in [2.24, 2.45) is 12.0 Å². The van der Waals surface area contributed by atoms with Crippen LogP contribution in [0.15, 0.2) is 17.3 Å². The van der Waals surface area contributed by atoms with Crippen LogP contribution in [0.5, 0.6) is 0 Å². The van der Waals surface area contributed by atoms with Crippen molar-refractivity contribution >= 4 is 17.6 Å². The number of nitrogens with one attached hydrogen (secondary N) is 1. The van der Waals surface area contributed by atoms with Gasteiger partial charge in [-0.15, -0.1) is 0 Å². The molecule has 0 spiro atoms. The number of nitrogens with zero attached hydrogens (tertiary/aromatic N) is 3. The molecule has 1 aliphatic heterocycles. The van der Waals surface area contributed by atoms with E-state index in [1.807, 2.05) is 38.0 Å². The summed E-state index contributed by atoms with van der Waals surface area (Å²) >= 11 is 6.02. The van der Waals surface area contributed by atoms with Crippen molar-refractivity contribution in [1.29, 1.82) is 0 Å². The summed E-state index contributed by atoms with van der Waals surface area (Å²) in [4.78, 5) is 6.43. The van der Waals surface area contributed by atoms with Crippen LogP contribution < -0.4 is 5.32 Å². The fourth-order valence-electron chi connectivity index (χ4n) is 2.64. The Kier molecular flexibility index (Phi) is 5.94. The Bertz CT molecular complexity index is 480. The van der Waals surface area contributed by atoms with Gasteiger partial charge in [0.2, 0.25) is 0 Å². The smallest absolute Gasteiger partial charge is 0.193 e. The predicted octanol–water partition coefficient (Wildman–Crippen LogP) is 2.25. The van der Waals surface area contributed by atoms with Gasteiger partial charge in [-0.2, -0.15) is 0 Å². The van der Waals surface area contributed by atoms with Gasteiger partial charge in [0, 0.05) is 46.2 Å². The Balaban J connectivity index is 1.80. The van der Waals surface area contributed by atoms with Gasteiger partial charge in [-0.3, -0.25) is 4.99 Å².